The zero-order chi connectivity index (χ0) is 20.6. The number of ether oxygens (including phenoxy) is 1. The highest BCUT2D eigenvalue weighted by atomic mass is 16.6. The summed E-state index contributed by atoms with van der Waals surface area (Å²) in [5.41, 5.74) is -1.24. The first kappa shape index (κ1) is 22.0. The smallest absolute Gasteiger partial charge is 0.310 e. The molecule has 0 spiro atoms. The molecule has 1 amide bonds. The van der Waals surface area contributed by atoms with Gasteiger partial charge in [-0.1, -0.05) is 26.7 Å². The van der Waals surface area contributed by atoms with Gasteiger partial charge in [-0.05, 0) is 6.42 Å². The second kappa shape index (κ2) is 10.2. The predicted octanol–water partition coefficient (Wildman–Crippen LogP) is 2.94. The predicted molar refractivity (Wildman–Crippen MR) is 96.4 cm³/mol. The first-order valence-corrected chi connectivity index (χ1v) is 8.52. The minimum absolute atomic E-state index is 0.0473. The highest BCUT2D eigenvalue weighted by Crippen LogP contribution is 2.24. The Morgan fingerprint density at radius 1 is 1.11 bits per heavy atom. The van der Waals surface area contributed by atoms with Crippen molar-refractivity contribution in [3.63, 3.8) is 0 Å². The molecule has 0 fully saturated rings. The third kappa shape index (κ3) is 6.32. The number of esters is 1. The number of hydrogen-bond donors (Lipinski definition) is 0. The zero-order valence-corrected chi connectivity index (χ0v) is 15.5. The summed E-state index contributed by atoms with van der Waals surface area (Å²) in [6.07, 6.45) is 2.44. The Bertz CT molecular complexity index is 688. The van der Waals surface area contributed by atoms with E-state index in [4.69, 9.17) is 0 Å². The number of methoxy groups -OCH3 is 1. The van der Waals surface area contributed by atoms with Crippen LogP contribution >= 0.6 is 0 Å². The lowest BCUT2D eigenvalue weighted by Crippen LogP contribution is -2.38. The molecule has 0 saturated carbocycles. The maximum atomic E-state index is 12.9. The fourth-order valence-electron chi connectivity index (χ4n) is 2.55. The molecule has 1 unspecified atom stereocenters. The molecule has 1 aromatic rings. The van der Waals surface area contributed by atoms with Crippen LogP contribution in [0.15, 0.2) is 18.2 Å². The molecule has 0 bridgehead atoms. The zero-order valence-electron chi connectivity index (χ0n) is 15.5. The molecule has 0 aromatic heterocycles. The van der Waals surface area contributed by atoms with Crippen LogP contribution in [0, 0.1) is 26.1 Å². The molecule has 1 atom stereocenters. The van der Waals surface area contributed by atoms with Gasteiger partial charge in [0.1, 0.15) is 0 Å². The maximum Gasteiger partial charge on any atom is 0.310 e. The van der Waals surface area contributed by atoms with E-state index < -0.39 is 39.0 Å². The number of nitrogens with zero attached hydrogens (tertiary/aromatic N) is 3. The monoisotopic (exact) mass is 381 g/mol. The van der Waals surface area contributed by atoms with Crippen LogP contribution in [0.4, 0.5) is 11.4 Å². The van der Waals surface area contributed by atoms with E-state index in [-0.39, 0.29) is 12.1 Å². The summed E-state index contributed by atoms with van der Waals surface area (Å²) in [6.45, 7) is 3.96. The summed E-state index contributed by atoms with van der Waals surface area (Å²) in [5, 5.41) is 22.1. The number of unbranched alkanes of at least 4 members (excludes halogenated alkanes) is 2. The molecule has 10 nitrogen and oxygen atoms in total. The fraction of sp³-hybridized carbons (Fsp3) is 0.529. The first-order valence-electron chi connectivity index (χ1n) is 8.52. The minimum atomic E-state index is -0.789. The van der Waals surface area contributed by atoms with Gasteiger partial charge in [0, 0.05) is 25.2 Å². The normalized spacial score (nSPS) is 11.5. The summed E-state index contributed by atoms with van der Waals surface area (Å²) >= 11 is 0. The third-order valence-corrected chi connectivity index (χ3v) is 3.99. The quantitative estimate of drug-likeness (QED) is 0.263. The van der Waals surface area contributed by atoms with Gasteiger partial charge in [-0.2, -0.15) is 0 Å². The van der Waals surface area contributed by atoms with E-state index in [9.17, 15) is 29.8 Å². The van der Waals surface area contributed by atoms with Crippen molar-refractivity contribution in [2.75, 3.05) is 20.2 Å². The van der Waals surface area contributed by atoms with Gasteiger partial charge in [-0.25, -0.2) is 0 Å². The molecule has 27 heavy (non-hydrogen) atoms. The van der Waals surface area contributed by atoms with Crippen LogP contribution in [-0.2, 0) is 9.53 Å². The van der Waals surface area contributed by atoms with E-state index in [1.54, 1.807) is 6.92 Å². The molecule has 0 radical (unpaired) electrons. The summed E-state index contributed by atoms with van der Waals surface area (Å²) in [7, 11) is 1.24. The molecule has 1 rings (SSSR count). The molecule has 0 saturated heterocycles. The molecular formula is C17H23N3O7. The Kier molecular flexibility index (Phi) is 8.31. The lowest BCUT2D eigenvalue weighted by molar-refractivity contribution is -0.394. The van der Waals surface area contributed by atoms with E-state index in [2.05, 4.69) is 4.74 Å². The van der Waals surface area contributed by atoms with Crippen LogP contribution in [0.5, 0.6) is 0 Å². The number of benzene rings is 1. The van der Waals surface area contributed by atoms with Crippen molar-refractivity contribution in [2.24, 2.45) is 5.92 Å². The van der Waals surface area contributed by atoms with Crippen molar-refractivity contribution >= 4 is 23.3 Å². The molecule has 1 aromatic carbocycles. The number of nitro groups is 2. The molecule has 10 heteroatoms. The number of amides is 1. The van der Waals surface area contributed by atoms with Crippen molar-refractivity contribution in [1.82, 2.24) is 4.90 Å². The fourth-order valence-corrected chi connectivity index (χ4v) is 2.55. The Labute approximate surface area is 156 Å². The Balaban J connectivity index is 3.20. The molecule has 148 valence electrons. The van der Waals surface area contributed by atoms with Gasteiger partial charge in [0.15, 0.2) is 0 Å². The van der Waals surface area contributed by atoms with Crippen LogP contribution < -0.4 is 0 Å². The number of carbonyl (C=O) groups excluding carboxylic acids is 2. The van der Waals surface area contributed by atoms with Crippen molar-refractivity contribution in [2.45, 2.75) is 33.1 Å². The van der Waals surface area contributed by atoms with Gasteiger partial charge in [0.05, 0.1) is 34.5 Å². The standard InChI is InChI=1S/C17H23N3O7/c1-4-5-6-7-18(11-12(2)17(22)27-3)16(21)13-8-14(19(23)24)10-15(9-13)20(25)26/h8-10,12H,4-7,11H2,1-3H3. The van der Waals surface area contributed by atoms with Crippen LogP contribution in [0.3, 0.4) is 0 Å². The Morgan fingerprint density at radius 3 is 2.11 bits per heavy atom. The van der Waals surface area contributed by atoms with E-state index >= 15 is 0 Å². The van der Waals surface area contributed by atoms with Crippen molar-refractivity contribution in [3.8, 4) is 0 Å². The lowest BCUT2D eigenvalue weighted by Gasteiger charge is -2.25. The van der Waals surface area contributed by atoms with E-state index in [0.29, 0.717) is 13.0 Å². The van der Waals surface area contributed by atoms with Crippen LogP contribution in [0.2, 0.25) is 0 Å². The molecule has 0 N–H and O–H groups in total. The summed E-state index contributed by atoms with van der Waals surface area (Å²) in [4.78, 5) is 46.4. The van der Waals surface area contributed by atoms with Gasteiger partial charge in [0.2, 0.25) is 0 Å². The largest absolute Gasteiger partial charge is 0.469 e. The number of nitro benzene ring substituents is 2. The van der Waals surface area contributed by atoms with Gasteiger partial charge in [0.25, 0.3) is 17.3 Å². The van der Waals surface area contributed by atoms with Gasteiger partial charge in [-0.3, -0.25) is 29.8 Å². The minimum Gasteiger partial charge on any atom is -0.469 e. The van der Waals surface area contributed by atoms with E-state index in [1.807, 2.05) is 6.92 Å². The number of rotatable bonds is 10. The maximum absolute atomic E-state index is 12.9. The second-order valence-electron chi connectivity index (χ2n) is 6.13. The number of hydrogen-bond acceptors (Lipinski definition) is 7. The topological polar surface area (TPSA) is 133 Å². The highest BCUT2D eigenvalue weighted by Gasteiger charge is 2.26. The summed E-state index contributed by atoms with van der Waals surface area (Å²) in [5.74, 6) is -1.70. The molecule has 0 aliphatic heterocycles. The molecular weight excluding hydrogens is 358 g/mol. The molecule has 0 aliphatic rings. The van der Waals surface area contributed by atoms with Crippen LogP contribution in [0.1, 0.15) is 43.5 Å². The second-order valence-corrected chi connectivity index (χ2v) is 6.13. The molecule has 0 aliphatic carbocycles. The number of carbonyl (C=O) groups is 2. The summed E-state index contributed by atoms with van der Waals surface area (Å²) < 4.78 is 4.67. The van der Waals surface area contributed by atoms with Gasteiger partial charge < -0.3 is 9.64 Å². The summed E-state index contributed by atoms with van der Waals surface area (Å²) in [6, 6.07) is 2.81. The first-order chi connectivity index (χ1) is 12.7. The van der Waals surface area contributed by atoms with Gasteiger partial charge >= 0.3 is 5.97 Å². The third-order valence-electron chi connectivity index (χ3n) is 3.99. The van der Waals surface area contributed by atoms with E-state index in [1.165, 1.54) is 12.0 Å². The van der Waals surface area contributed by atoms with Crippen molar-refractivity contribution in [1.29, 1.82) is 0 Å². The van der Waals surface area contributed by atoms with Crippen LogP contribution in [-0.4, -0.2) is 46.8 Å². The number of non-ortho nitro benzene ring substituents is 2. The van der Waals surface area contributed by atoms with Gasteiger partial charge in [-0.15, -0.1) is 0 Å². The lowest BCUT2D eigenvalue weighted by atomic mass is 10.1. The molecule has 0 heterocycles. The van der Waals surface area contributed by atoms with Crippen molar-refractivity contribution < 1.29 is 24.2 Å². The highest BCUT2D eigenvalue weighted by molar-refractivity contribution is 5.96. The average molecular weight is 381 g/mol. The average Bonchev–Trinajstić information content (AvgIpc) is 2.65. The Morgan fingerprint density at radius 2 is 1.67 bits per heavy atom. The SMILES string of the molecule is CCCCCN(CC(C)C(=O)OC)C(=O)c1cc([N+](=O)[O-])cc([N+](=O)[O-])c1. The Hall–Kier alpha value is -3.04. The van der Waals surface area contributed by atoms with E-state index in [0.717, 1.165) is 31.0 Å². The van der Waals surface area contributed by atoms with Crippen LogP contribution in [0.25, 0.3) is 0 Å². The van der Waals surface area contributed by atoms with Crippen molar-refractivity contribution in [3.05, 3.63) is 44.0 Å².